The standard InChI is InChI=1S/C6H8O.C5H6O.3C2H6/c1-5-3-4-7-6(5)2;1-5-2-3-6-4-5;3*1-2/h3-4H,1-2H3;2-4H,1H3;3*1-2H3. The lowest BCUT2D eigenvalue weighted by atomic mass is 10.3. The molecule has 0 aliphatic carbocycles. The van der Waals surface area contributed by atoms with Gasteiger partial charge in [-0.1, -0.05) is 41.5 Å². The summed E-state index contributed by atoms with van der Waals surface area (Å²) < 4.78 is 9.68. The third kappa shape index (κ3) is 14.5. The second kappa shape index (κ2) is 18.9. The summed E-state index contributed by atoms with van der Waals surface area (Å²) in [5.41, 5.74) is 2.40. The van der Waals surface area contributed by atoms with E-state index < -0.39 is 0 Å². The first-order valence-corrected chi connectivity index (χ1v) is 7.19. The van der Waals surface area contributed by atoms with Gasteiger partial charge in [0.15, 0.2) is 0 Å². The number of hydrogen-bond donors (Lipinski definition) is 0. The minimum absolute atomic E-state index is 1.01. The van der Waals surface area contributed by atoms with Crippen LogP contribution in [-0.2, 0) is 0 Å². The Bertz CT molecular complexity index is 315. The quantitative estimate of drug-likeness (QED) is 0.540. The van der Waals surface area contributed by atoms with Gasteiger partial charge in [0.2, 0.25) is 0 Å². The molecule has 0 aliphatic heterocycles. The Morgan fingerprint density at radius 1 is 0.737 bits per heavy atom. The zero-order valence-electron chi connectivity index (χ0n) is 14.2. The highest BCUT2D eigenvalue weighted by Gasteiger charge is 1.88. The predicted molar refractivity (Wildman–Crippen MR) is 85.7 cm³/mol. The number of rotatable bonds is 0. The second-order valence-corrected chi connectivity index (χ2v) is 2.96. The van der Waals surface area contributed by atoms with E-state index in [2.05, 4.69) is 0 Å². The first kappa shape index (κ1) is 22.7. The fourth-order valence-electron chi connectivity index (χ4n) is 0.781. The fourth-order valence-corrected chi connectivity index (χ4v) is 0.781. The van der Waals surface area contributed by atoms with E-state index in [1.165, 1.54) is 11.1 Å². The average Bonchev–Trinajstić information content (AvgIpc) is 3.10. The molecule has 0 bridgehead atoms. The minimum Gasteiger partial charge on any atom is -0.472 e. The van der Waals surface area contributed by atoms with Gasteiger partial charge in [-0.05, 0) is 44.0 Å². The molecule has 0 unspecified atom stereocenters. The van der Waals surface area contributed by atoms with E-state index in [9.17, 15) is 0 Å². The molecule has 2 aromatic rings. The predicted octanol–water partition coefficient (Wildman–Crippen LogP) is 6.56. The Hall–Kier alpha value is -1.44. The molecule has 19 heavy (non-hydrogen) atoms. The second-order valence-electron chi connectivity index (χ2n) is 2.96. The van der Waals surface area contributed by atoms with E-state index in [0.717, 1.165) is 5.76 Å². The van der Waals surface area contributed by atoms with Crippen LogP contribution in [0.25, 0.3) is 0 Å². The maximum Gasteiger partial charge on any atom is 0.103 e. The van der Waals surface area contributed by atoms with Crippen molar-refractivity contribution in [3.8, 4) is 0 Å². The van der Waals surface area contributed by atoms with Crippen LogP contribution in [0.2, 0.25) is 0 Å². The van der Waals surface area contributed by atoms with Crippen molar-refractivity contribution < 1.29 is 8.83 Å². The molecule has 0 amide bonds. The first-order chi connectivity index (χ1) is 9.20. The third-order valence-electron chi connectivity index (χ3n) is 1.78. The van der Waals surface area contributed by atoms with Gasteiger partial charge in [-0.3, -0.25) is 0 Å². The first-order valence-electron chi connectivity index (χ1n) is 7.19. The SMILES string of the molecule is CC.CC.CC.Cc1ccoc1.Cc1ccoc1C. The highest BCUT2D eigenvalue weighted by Crippen LogP contribution is 2.04. The number of aryl methyl sites for hydroxylation is 3. The van der Waals surface area contributed by atoms with Crippen molar-refractivity contribution >= 4 is 0 Å². The van der Waals surface area contributed by atoms with Crippen LogP contribution < -0.4 is 0 Å². The molecule has 0 aromatic carbocycles. The Morgan fingerprint density at radius 3 is 1.37 bits per heavy atom. The summed E-state index contributed by atoms with van der Waals surface area (Å²) in [5.74, 6) is 1.01. The molecule has 2 nitrogen and oxygen atoms in total. The van der Waals surface area contributed by atoms with Crippen LogP contribution in [0.5, 0.6) is 0 Å². The molecular weight excluding hydrogens is 236 g/mol. The molecule has 0 N–H and O–H groups in total. The summed E-state index contributed by atoms with van der Waals surface area (Å²) in [4.78, 5) is 0. The van der Waals surface area contributed by atoms with Crippen molar-refractivity contribution in [1.29, 1.82) is 0 Å². The summed E-state index contributed by atoms with van der Waals surface area (Å²) in [5, 5.41) is 0. The van der Waals surface area contributed by atoms with Gasteiger partial charge in [0, 0.05) is 0 Å². The highest BCUT2D eigenvalue weighted by molar-refractivity contribution is 5.11. The molecule has 2 aromatic heterocycles. The van der Waals surface area contributed by atoms with Gasteiger partial charge in [-0.15, -0.1) is 0 Å². The van der Waals surface area contributed by atoms with Crippen LogP contribution in [0.4, 0.5) is 0 Å². The van der Waals surface area contributed by atoms with Crippen LogP contribution in [0.3, 0.4) is 0 Å². The molecular formula is C17H32O2. The van der Waals surface area contributed by atoms with Gasteiger partial charge < -0.3 is 8.83 Å². The molecule has 0 spiro atoms. The molecule has 112 valence electrons. The average molecular weight is 268 g/mol. The maximum atomic E-state index is 4.96. The monoisotopic (exact) mass is 268 g/mol. The zero-order valence-corrected chi connectivity index (χ0v) is 14.2. The molecule has 0 aliphatic rings. The zero-order chi connectivity index (χ0) is 15.7. The van der Waals surface area contributed by atoms with Crippen molar-refractivity contribution in [1.82, 2.24) is 0 Å². The molecule has 0 saturated carbocycles. The smallest absolute Gasteiger partial charge is 0.103 e. The molecule has 0 radical (unpaired) electrons. The lowest BCUT2D eigenvalue weighted by molar-refractivity contribution is 0.532. The molecule has 2 heteroatoms. The van der Waals surface area contributed by atoms with Gasteiger partial charge in [-0.2, -0.15) is 0 Å². The summed E-state index contributed by atoms with van der Waals surface area (Å²) in [6.45, 7) is 18.0. The van der Waals surface area contributed by atoms with Crippen molar-refractivity contribution in [2.24, 2.45) is 0 Å². The van der Waals surface area contributed by atoms with E-state index in [0.29, 0.717) is 0 Å². The van der Waals surface area contributed by atoms with Crippen LogP contribution in [0, 0.1) is 20.8 Å². The molecule has 0 atom stereocenters. The van der Waals surface area contributed by atoms with Gasteiger partial charge in [0.05, 0.1) is 18.8 Å². The van der Waals surface area contributed by atoms with Crippen molar-refractivity contribution in [3.63, 3.8) is 0 Å². The van der Waals surface area contributed by atoms with Gasteiger partial charge in [0.25, 0.3) is 0 Å². The Kier molecular flexibility index (Phi) is 22.6. The summed E-state index contributed by atoms with van der Waals surface area (Å²) in [7, 11) is 0. The largest absolute Gasteiger partial charge is 0.472 e. The van der Waals surface area contributed by atoms with Crippen LogP contribution in [0.15, 0.2) is 39.8 Å². The van der Waals surface area contributed by atoms with Crippen LogP contribution in [0.1, 0.15) is 58.4 Å². The molecule has 0 saturated heterocycles. The number of furan rings is 2. The fraction of sp³-hybridized carbons (Fsp3) is 0.529. The number of hydrogen-bond acceptors (Lipinski definition) is 2. The minimum atomic E-state index is 1.01. The Labute approximate surface area is 119 Å². The van der Waals surface area contributed by atoms with E-state index in [1.807, 2.05) is 74.4 Å². The van der Waals surface area contributed by atoms with Crippen molar-refractivity contribution in [3.05, 3.63) is 47.8 Å². The van der Waals surface area contributed by atoms with Gasteiger partial charge in [0.1, 0.15) is 5.76 Å². The van der Waals surface area contributed by atoms with Gasteiger partial charge >= 0.3 is 0 Å². The summed E-state index contributed by atoms with van der Waals surface area (Å²) in [6, 6.07) is 3.87. The Morgan fingerprint density at radius 2 is 1.26 bits per heavy atom. The van der Waals surface area contributed by atoms with E-state index in [-0.39, 0.29) is 0 Å². The van der Waals surface area contributed by atoms with E-state index in [4.69, 9.17) is 8.83 Å². The lowest BCUT2D eigenvalue weighted by Gasteiger charge is -1.79. The lowest BCUT2D eigenvalue weighted by Crippen LogP contribution is -1.63. The molecule has 2 heterocycles. The van der Waals surface area contributed by atoms with Crippen LogP contribution >= 0.6 is 0 Å². The maximum absolute atomic E-state index is 4.96. The summed E-state index contributed by atoms with van der Waals surface area (Å²) >= 11 is 0. The highest BCUT2D eigenvalue weighted by atomic mass is 16.3. The molecule has 2 rings (SSSR count). The third-order valence-corrected chi connectivity index (χ3v) is 1.78. The van der Waals surface area contributed by atoms with Gasteiger partial charge in [-0.25, -0.2) is 0 Å². The van der Waals surface area contributed by atoms with Crippen LogP contribution in [-0.4, -0.2) is 0 Å². The normalized spacial score (nSPS) is 7.21. The van der Waals surface area contributed by atoms with E-state index >= 15 is 0 Å². The van der Waals surface area contributed by atoms with Crippen molar-refractivity contribution in [2.45, 2.75) is 62.3 Å². The van der Waals surface area contributed by atoms with Crippen molar-refractivity contribution in [2.75, 3.05) is 0 Å². The molecule has 0 fully saturated rings. The Balaban J connectivity index is -0.000000195. The topological polar surface area (TPSA) is 26.3 Å². The van der Waals surface area contributed by atoms with E-state index in [1.54, 1.807) is 18.8 Å². The summed E-state index contributed by atoms with van der Waals surface area (Å²) in [6.07, 6.45) is 5.07.